The smallest absolute Gasteiger partial charge is 0.310 e. The van der Waals surface area contributed by atoms with Crippen LogP contribution in [0.1, 0.15) is 72.1 Å². The highest BCUT2D eigenvalue weighted by Crippen LogP contribution is 2.47. The normalized spacial score (nSPS) is 22.2. The third-order valence-electron chi connectivity index (χ3n) is 9.91. The zero-order chi connectivity index (χ0) is 34.0. The summed E-state index contributed by atoms with van der Waals surface area (Å²) < 4.78 is 33.1. The molecule has 3 aromatic carbocycles. The van der Waals surface area contributed by atoms with Crippen LogP contribution in [0.4, 0.5) is 0 Å². The van der Waals surface area contributed by atoms with Gasteiger partial charge in [0.1, 0.15) is 11.2 Å². The Hall–Kier alpha value is -2.81. The van der Waals surface area contributed by atoms with Crippen LogP contribution in [-0.2, 0) is 33.8 Å². The second kappa shape index (κ2) is 13.7. The predicted molar refractivity (Wildman–Crippen MR) is 186 cm³/mol. The van der Waals surface area contributed by atoms with E-state index in [-0.39, 0.29) is 23.5 Å². The van der Waals surface area contributed by atoms with Gasteiger partial charge in [-0.2, -0.15) is 0 Å². The van der Waals surface area contributed by atoms with Crippen molar-refractivity contribution in [3.8, 4) is 0 Å². The number of carbonyl (C=O) groups excluding carboxylic acids is 1. The van der Waals surface area contributed by atoms with Crippen LogP contribution < -0.4 is 0 Å². The van der Waals surface area contributed by atoms with Crippen LogP contribution in [0.2, 0.25) is 18.1 Å². The van der Waals surface area contributed by atoms with Crippen LogP contribution in [0.15, 0.2) is 91.0 Å². The molecule has 250 valence electrons. The van der Waals surface area contributed by atoms with E-state index in [1.54, 1.807) is 0 Å². The highest BCUT2D eigenvalue weighted by Gasteiger charge is 2.57. The molecule has 7 heteroatoms. The molecule has 6 nitrogen and oxygen atoms in total. The van der Waals surface area contributed by atoms with Gasteiger partial charge in [-0.25, -0.2) is 0 Å². The van der Waals surface area contributed by atoms with Crippen molar-refractivity contribution in [1.82, 2.24) is 0 Å². The minimum absolute atomic E-state index is 0.0554. The topological polar surface area (TPSA) is 63.2 Å². The summed E-state index contributed by atoms with van der Waals surface area (Å²) in [5.41, 5.74) is 1.22. The molecule has 1 aliphatic heterocycles. The maximum absolute atomic E-state index is 13.0. The van der Waals surface area contributed by atoms with E-state index in [9.17, 15) is 4.79 Å². The van der Waals surface area contributed by atoms with Crippen LogP contribution in [0.5, 0.6) is 0 Å². The lowest BCUT2D eigenvalue weighted by Crippen LogP contribution is -2.55. The summed E-state index contributed by atoms with van der Waals surface area (Å²) in [5.74, 6) is -1.94. The van der Waals surface area contributed by atoms with Crippen molar-refractivity contribution in [1.29, 1.82) is 0 Å². The lowest BCUT2D eigenvalue weighted by Gasteiger charge is -2.45. The minimum Gasteiger partial charge on any atom is -0.469 e. The molecule has 1 aliphatic rings. The lowest BCUT2D eigenvalue weighted by atomic mass is 9.79. The van der Waals surface area contributed by atoms with Crippen molar-refractivity contribution in [2.75, 3.05) is 13.7 Å². The van der Waals surface area contributed by atoms with E-state index < -0.39 is 43.4 Å². The fourth-order valence-corrected chi connectivity index (χ4v) is 8.00. The molecule has 0 bridgehead atoms. The maximum Gasteiger partial charge on any atom is 0.310 e. The van der Waals surface area contributed by atoms with Crippen LogP contribution in [-0.4, -0.2) is 51.6 Å². The van der Waals surface area contributed by atoms with Crippen LogP contribution >= 0.6 is 0 Å². The number of esters is 1. The van der Waals surface area contributed by atoms with Gasteiger partial charge >= 0.3 is 5.97 Å². The van der Waals surface area contributed by atoms with Crippen molar-refractivity contribution in [3.05, 3.63) is 108 Å². The molecule has 0 aliphatic carbocycles. The first-order valence-electron chi connectivity index (χ1n) is 16.4. The van der Waals surface area contributed by atoms with Gasteiger partial charge in [0.25, 0.3) is 0 Å². The second-order valence-corrected chi connectivity index (χ2v) is 19.7. The molecule has 1 fully saturated rings. The SMILES string of the molecule is COC(=O)[C@@H](C)[C@@H](O[Si](C)(C)C(C)(C)C)[C@H](C)[C@H]1OC(C)(C)O[C@]1(C)COC(c1ccccc1)(c1ccccc1)c1ccccc1. The summed E-state index contributed by atoms with van der Waals surface area (Å²) in [5, 5.41) is -0.0554. The molecular weight excluding hydrogens is 593 g/mol. The Labute approximate surface area is 277 Å². The number of rotatable bonds is 12. The molecule has 46 heavy (non-hydrogen) atoms. The molecule has 0 radical (unpaired) electrons. The van der Waals surface area contributed by atoms with E-state index in [1.165, 1.54) is 7.11 Å². The van der Waals surface area contributed by atoms with Crippen LogP contribution in [0, 0.1) is 11.8 Å². The molecule has 4 rings (SSSR count). The van der Waals surface area contributed by atoms with E-state index >= 15 is 0 Å². The maximum atomic E-state index is 13.0. The Morgan fingerprint density at radius 3 is 1.65 bits per heavy atom. The number of carbonyl (C=O) groups is 1. The standard InChI is InChI=1S/C39H54O6Si/c1-28(33(29(2)35(40)41-9)44-46(10,11)36(3,4)5)34-38(8,45-37(6,7)43-34)27-42-39(30-21-15-12-16-22-30,31-23-17-13-18-24-31)32-25-19-14-20-26-32/h12-26,28-29,33-34H,27H2,1-11H3/t28-,29-,33-,34+,38+/m0/s1. The Morgan fingerprint density at radius 2 is 1.26 bits per heavy atom. The molecular formula is C39H54O6Si. The minimum atomic E-state index is -2.30. The Balaban J connectivity index is 1.80. The summed E-state index contributed by atoms with van der Waals surface area (Å²) in [6.45, 7) is 21.2. The number of methoxy groups -OCH3 is 1. The molecule has 3 aromatic rings. The zero-order valence-corrected chi connectivity index (χ0v) is 30.6. The Kier molecular flexibility index (Phi) is 10.8. The third-order valence-corrected chi connectivity index (χ3v) is 14.4. The van der Waals surface area contributed by atoms with Gasteiger partial charge in [-0.1, -0.05) is 119 Å². The van der Waals surface area contributed by atoms with Gasteiger partial charge in [-0.15, -0.1) is 0 Å². The summed E-state index contributed by atoms with van der Waals surface area (Å²) in [4.78, 5) is 13.0. The highest BCUT2D eigenvalue weighted by atomic mass is 28.4. The predicted octanol–water partition coefficient (Wildman–Crippen LogP) is 8.74. The number of ether oxygens (including phenoxy) is 4. The first kappa shape index (κ1) is 36.0. The first-order valence-corrected chi connectivity index (χ1v) is 19.3. The fourth-order valence-electron chi connectivity index (χ4n) is 6.54. The van der Waals surface area contributed by atoms with E-state index in [4.69, 9.17) is 23.4 Å². The summed E-state index contributed by atoms with van der Waals surface area (Å²) in [6, 6.07) is 31.0. The van der Waals surface area contributed by atoms with Gasteiger partial charge in [0.2, 0.25) is 0 Å². The quantitative estimate of drug-likeness (QED) is 0.111. The average Bonchev–Trinajstić information content (AvgIpc) is 3.28. The molecule has 0 saturated carbocycles. The van der Waals surface area contributed by atoms with Crippen LogP contribution in [0.25, 0.3) is 0 Å². The van der Waals surface area contributed by atoms with Gasteiger partial charge in [0, 0.05) is 5.92 Å². The molecule has 0 aromatic heterocycles. The molecule has 0 N–H and O–H groups in total. The van der Waals surface area contributed by atoms with E-state index in [1.807, 2.05) is 75.4 Å². The molecule has 5 atom stereocenters. The van der Waals surface area contributed by atoms with E-state index in [2.05, 4.69) is 84.1 Å². The third kappa shape index (κ3) is 7.34. The molecule has 0 spiro atoms. The van der Waals surface area contributed by atoms with Gasteiger partial charge in [-0.05, 0) is 62.5 Å². The zero-order valence-electron chi connectivity index (χ0n) is 29.6. The van der Waals surface area contributed by atoms with Crippen molar-refractivity contribution in [3.63, 3.8) is 0 Å². The fraction of sp³-hybridized carbons (Fsp3) is 0.513. The molecule has 1 saturated heterocycles. The van der Waals surface area contributed by atoms with Crippen molar-refractivity contribution in [2.45, 2.75) is 103 Å². The summed E-state index contributed by atoms with van der Waals surface area (Å²) in [7, 11) is -0.871. The monoisotopic (exact) mass is 646 g/mol. The molecule has 0 unspecified atom stereocenters. The van der Waals surface area contributed by atoms with E-state index in [0.717, 1.165) is 16.7 Å². The van der Waals surface area contributed by atoms with Crippen molar-refractivity contribution < 1.29 is 28.2 Å². The Bertz CT molecular complexity index is 1320. The van der Waals surface area contributed by atoms with Crippen molar-refractivity contribution in [2.24, 2.45) is 11.8 Å². The second-order valence-electron chi connectivity index (χ2n) is 14.9. The van der Waals surface area contributed by atoms with Gasteiger partial charge in [0.15, 0.2) is 14.1 Å². The van der Waals surface area contributed by atoms with Crippen LogP contribution in [0.3, 0.4) is 0 Å². The summed E-state index contributed by atoms with van der Waals surface area (Å²) >= 11 is 0. The summed E-state index contributed by atoms with van der Waals surface area (Å²) in [6.07, 6.45) is -0.915. The van der Waals surface area contributed by atoms with Gasteiger partial charge in [0.05, 0.1) is 31.8 Å². The largest absolute Gasteiger partial charge is 0.469 e. The number of hydrogen-bond acceptors (Lipinski definition) is 6. The Morgan fingerprint density at radius 1 is 0.826 bits per heavy atom. The number of hydrogen-bond donors (Lipinski definition) is 0. The van der Waals surface area contributed by atoms with Gasteiger partial charge in [-0.3, -0.25) is 4.79 Å². The highest BCUT2D eigenvalue weighted by molar-refractivity contribution is 6.74. The van der Waals surface area contributed by atoms with Gasteiger partial charge < -0.3 is 23.4 Å². The molecule has 1 heterocycles. The molecule has 0 amide bonds. The number of benzene rings is 3. The lowest BCUT2D eigenvalue weighted by molar-refractivity contribution is -0.177. The first-order chi connectivity index (χ1) is 21.5. The van der Waals surface area contributed by atoms with E-state index in [0.29, 0.717) is 0 Å². The average molecular weight is 647 g/mol. The van der Waals surface area contributed by atoms with Crippen molar-refractivity contribution >= 4 is 14.3 Å².